The molecule has 1 fully saturated rings. The molecule has 8 nitrogen and oxygen atoms in total. The number of methoxy groups -OCH3 is 2. The average molecular weight is 362 g/mol. The van der Waals surface area contributed by atoms with Gasteiger partial charge in [0.15, 0.2) is 11.5 Å². The molecule has 26 heavy (non-hydrogen) atoms. The Morgan fingerprint density at radius 2 is 1.88 bits per heavy atom. The largest absolute Gasteiger partial charge is 0.493 e. The molecule has 1 saturated heterocycles. The van der Waals surface area contributed by atoms with Gasteiger partial charge in [-0.3, -0.25) is 14.5 Å². The molecule has 8 heteroatoms. The van der Waals surface area contributed by atoms with E-state index in [4.69, 9.17) is 14.2 Å². The molecule has 140 valence electrons. The molecule has 0 bridgehead atoms. The third kappa shape index (κ3) is 3.07. The van der Waals surface area contributed by atoms with E-state index in [2.05, 4.69) is 0 Å². The normalized spacial score (nSPS) is 19.0. The molecule has 0 radical (unpaired) electrons. The summed E-state index contributed by atoms with van der Waals surface area (Å²) in [6.45, 7) is 2.00. The predicted molar refractivity (Wildman–Crippen MR) is 91.1 cm³/mol. The molecule has 0 spiro atoms. The van der Waals surface area contributed by atoms with E-state index in [1.54, 1.807) is 26.0 Å². The minimum Gasteiger partial charge on any atom is -0.493 e. The predicted octanol–water partition coefficient (Wildman–Crippen LogP) is 1.52. The fourth-order valence-corrected chi connectivity index (χ4v) is 3.51. The molecule has 0 aromatic heterocycles. The van der Waals surface area contributed by atoms with Gasteiger partial charge in [0.1, 0.15) is 6.54 Å². The van der Waals surface area contributed by atoms with Crippen LogP contribution in [0.1, 0.15) is 30.5 Å². The maximum Gasteiger partial charge on any atom is 0.327 e. The molecular formula is C18H22N2O6. The second-order valence-electron chi connectivity index (χ2n) is 6.14. The summed E-state index contributed by atoms with van der Waals surface area (Å²) in [4.78, 5) is 39.6. The van der Waals surface area contributed by atoms with Crippen molar-refractivity contribution >= 4 is 17.9 Å². The lowest BCUT2D eigenvalue weighted by molar-refractivity contribution is -0.149. The van der Waals surface area contributed by atoms with Gasteiger partial charge in [-0.1, -0.05) is 0 Å². The lowest BCUT2D eigenvalue weighted by Crippen LogP contribution is -2.56. The van der Waals surface area contributed by atoms with Crippen LogP contribution in [0.4, 0.5) is 4.79 Å². The minimum atomic E-state index is -0.587. The zero-order valence-corrected chi connectivity index (χ0v) is 15.1. The molecule has 3 amide bonds. The van der Waals surface area contributed by atoms with Gasteiger partial charge in [0, 0.05) is 6.54 Å². The number of fused-ring (bicyclic) bond motifs is 3. The molecule has 1 atom stereocenters. The molecule has 2 aliphatic rings. The Hall–Kier alpha value is -2.77. The maximum absolute atomic E-state index is 12.8. The monoisotopic (exact) mass is 362 g/mol. The quantitative estimate of drug-likeness (QED) is 0.739. The van der Waals surface area contributed by atoms with Crippen molar-refractivity contribution in [3.8, 4) is 11.5 Å². The summed E-state index contributed by atoms with van der Waals surface area (Å²) in [6, 6.07) is 2.90. The third-order valence-corrected chi connectivity index (χ3v) is 4.74. The average Bonchev–Trinajstić information content (AvgIpc) is 2.64. The van der Waals surface area contributed by atoms with Crippen LogP contribution in [0.5, 0.6) is 11.5 Å². The Labute approximate surface area is 151 Å². The number of nitrogens with zero attached hydrogens (tertiary/aromatic N) is 2. The van der Waals surface area contributed by atoms with Gasteiger partial charge in [-0.05, 0) is 36.6 Å². The first-order chi connectivity index (χ1) is 12.5. The zero-order chi connectivity index (χ0) is 18.8. The van der Waals surface area contributed by atoms with Gasteiger partial charge in [0.2, 0.25) is 5.91 Å². The Morgan fingerprint density at radius 3 is 2.54 bits per heavy atom. The van der Waals surface area contributed by atoms with Crippen molar-refractivity contribution in [3.63, 3.8) is 0 Å². The van der Waals surface area contributed by atoms with Gasteiger partial charge in [0.05, 0.1) is 33.3 Å². The summed E-state index contributed by atoms with van der Waals surface area (Å²) in [5.74, 6) is 0.211. The van der Waals surface area contributed by atoms with Crippen molar-refractivity contribution in [3.05, 3.63) is 23.3 Å². The third-order valence-electron chi connectivity index (χ3n) is 4.74. The van der Waals surface area contributed by atoms with Gasteiger partial charge in [-0.2, -0.15) is 0 Å². The highest BCUT2D eigenvalue weighted by Crippen LogP contribution is 2.41. The van der Waals surface area contributed by atoms with E-state index < -0.39 is 12.0 Å². The molecular weight excluding hydrogens is 340 g/mol. The first-order valence-electron chi connectivity index (χ1n) is 8.51. The van der Waals surface area contributed by atoms with Crippen LogP contribution in [0.2, 0.25) is 0 Å². The number of esters is 1. The van der Waals surface area contributed by atoms with E-state index in [-0.39, 0.29) is 31.5 Å². The van der Waals surface area contributed by atoms with E-state index in [1.807, 2.05) is 12.1 Å². The summed E-state index contributed by atoms with van der Waals surface area (Å²) in [7, 11) is 3.11. The van der Waals surface area contributed by atoms with E-state index in [0.29, 0.717) is 24.5 Å². The fraction of sp³-hybridized carbons (Fsp3) is 0.500. The molecule has 3 rings (SSSR count). The highest BCUT2D eigenvalue weighted by molar-refractivity contribution is 6.00. The number of imide groups is 1. The Balaban J connectivity index is 1.89. The van der Waals surface area contributed by atoms with Gasteiger partial charge in [-0.15, -0.1) is 0 Å². The molecule has 0 N–H and O–H groups in total. The van der Waals surface area contributed by atoms with Crippen LogP contribution in [-0.4, -0.2) is 61.6 Å². The van der Waals surface area contributed by atoms with Crippen molar-refractivity contribution < 1.29 is 28.6 Å². The second-order valence-corrected chi connectivity index (χ2v) is 6.14. The SMILES string of the molecule is CCOC(=O)CN1C(=O)CC2c3cc(OC)c(OC)cc3CCN2C1=O. The van der Waals surface area contributed by atoms with Crippen LogP contribution in [-0.2, 0) is 20.7 Å². The molecule has 0 aliphatic carbocycles. The minimum absolute atomic E-state index is 0.119. The van der Waals surface area contributed by atoms with E-state index in [1.165, 1.54) is 0 Å². The lowest BCUT2D eigenvalue weighted by atomic mass is 9.88. The van der Waals surface area contributed by atoms with E-state index in [0.717, 1.165) is 16.0 Å². The molecule has 1 aromatic rings. The van der Waals surface area contributed by atoms with Crippen molar-refractivity contribution in [1.82, 2.24) is 9.80 Å². The Morgan fingerprint density at radius 1 is 1.19 bits per heavy atom. The summed E-state index contributed by atoms with van der Waals surface area (Å²) >= 11 is 0. The standard InChI is InChI=1S/C18H22N2O6/c1-4-26-17(22)10-20-16(21)9-13-12-8-15(25-3)14(24-2)7-11(12)5-6-19(13)18(20)23/h7-8,13H,4-6,9-10H2,1-3H3. The maximum atomic E-state index is 12.8. The summed E-state index contributed by atoms with van der Waals surface area (Å²) in [5, 5.41) is 0. The van der Waals surface area contributed by atoms with Crippen LogP contribution in [0.3, 0.4) is 0 Å². The number of benzene rings is 1. The number of urea groups is 1. The van der Waals surface area contributed by atoms with Crippen LogP contribution in [0.25, 0.3) is 0 Å². The first-order valence-corrected chi connectivity index (χ1v) is 8.51. The number of amides is 3. The van der Waals surface area contributed by atoms with Crippen LogP contribution < -0.4 is 9.47 Å². The van der Waals surface area contributed by atoms with Crippen molar-refractivity contribution in [2.45, 2.75) is 25.8 Å². The number of ether oxygens (including phenoxy) is 3. The Bertz CT molecular complexity index is 747. The smallest absolute Gasteiger partial charge is 0.327 e. The highest BCUT2D eigenvalue weighted by atomic mass is 16.5. The first kappa shape index (κ1) is 18.0. The topological polar surface area (TPSA) is 85.4 Å². The number of hydrogen-bond donors (Lipinski definition) is 0. The van der Waals surface area contributed by atoms with Crippen molar-refractivity contribution in [2.24, 2.45) is 0 Å². The number of rotatable bonds is 5. The van der Waals surface area contributed by atoms with Crippen molar-refractivity contribution in [1.29, 1.82) is 0 Å². The summed E-state index contributed by atoms with van der Waals surface area (Å²) in [6.07, 6.45) is 0.757. The molecule has 1 unspecified atom stereocenters. The zero-order valence-electron chi connectivity index (χ0n) is 15.1. The van der Waals surface area contributed by atoms with Gasteiger partial charge < -0.3 is 19.1 Å². The fourth-order valence-electron chi connectivity index (χ4n) is 3.51. The van der Waals surface area contributed by atoms with E-state index in [9.17, 15) is 14.4 Å². The van der Waals surface area contributed by atoms with Crippen LogP contribution in [0, 0.1) is 0 Å². The van der Waals surface area contributed by atoms with Crippen LogP contribution >= 0.6 is 0 Å². The summed E-state index contributed by atoms with van der Waals surface area (Å²) in [5.41, 5.74) is 1.91. The summed E-state index contributed by atoms with van der Waals surface area (Å²) < 4.78 is 15.5. The van der Waals surface area contributed by atoms with Crippen molar-refractivity contribution in [2.75, 3.05) is 33.9 Å². The Kier molecular flexibility index (Phi) is 5.01. The highest BCUT2D eigenvalue weighted by Gasteiger charge is 2.43. The van der Waals surface area contributed by atoms with Gasteiger partial charge in [0.25, 0.3) is 0 Å². The molecule has 0 saturated carbocycles. The van der Waals surface area contributed by atoms with Crippen LogP contribution in [0.15, 0.2) is 12.1 Å². The molecule has 2 aliphatic heterocycles. The molecule has 2 heterocycles. The van der Waals surface area contributed by atoms with Gasteiger partial charge in [-0.25, -0.2) is 4.79 Å². The lowest BCUT2D eigenvalue weighted by Gasteiger charge is -2.43. The second kappa shape index (κ2) is 7.23. The van der Waals surface area contributed by atoms with Gasteiger partial charge >= 0.3 is 12.0 Å². The number of carbonyl (C=O) groups is 3. The molecule has 1 aromatic carbocycles. The number of carbonyl (C=O) groups excluding carboxylic acids is 3. The number of hydrogen-bond acceptors (Lipinski definition) is 6. The van der Waals surface area contributed by atoms with E-state index >= 15 is 0 Å².